The van der Waals surface area contributed by atoms with E-state index in [-0.39, 0.29) is 12.0 Å². The van der Waals surface area contributed by atoms with Gasteiger partial charge in [-0.3, -0.25) is 0 Å². The number of benzene rings is 2. The summed E-state index contributed by atoms with van der Waals surface area (Å²) in [5.41, 5.74) is 1.78. The average Bonchev–Trinajstić information content (AvgIpc) is 2.94. The Kier molecular flexibility index (Phi) is 3.96. The molecule has 0 saturated carbocycles. The minimum atomic E-state index is -0.217. The maximum Gasteiger partial charge on any atom is 0.148 e. The van der Waals surface area contributed by atoms with Gasteiger partial charge in [0.1, 0.15) is 18.2 Å². The molecule has 1 aliphatic heterocycles. The summed E-state index contributed by atoms with van der Waals surface area (Å²) in [6, 6.07) is 17.8. The number of hydrogen-bond donors (Lipinski definition) is 1. The van der Waals surface area contributed by atoms with Crippen LogP contribution in [0.25, 0.3) is 11.0 Å². The Morgan fingerprint density at radius 2 is 1.83 bits per heavy atom. The van der Waals surface area contributed by atoms with Crippen LogP contribution in [0.5, 0.6) is 5.75 Å². The number of rotatable bonds is 6. The number of ether oxygens (including phenoxy) is 2. The van der Waals surface area contributed by atoms with E-state index in [9.17, 15) is 5.11 Å². The van der Waals surface area contributed by atoms with Crippen LogP contribution in [0.2, 0.25) is 0 Å². The lowest BCUT2D eigenvalue weighted by Crippen LogP contribution is -2.48. The summed E-state index contributed by atoms with van der Waals surface area (Å²) < 4.78 is 13.4. The van der Waals surface area contributed by atoms with Gasteiger partial charge in [0.05, 0.1) is 36.3 Å². The molecule has 5 nitrogen and oxygen atoms in total. The number of fused-ring (bicyclic) bond motifs is 1. The van der Waals surface area contributed by atoms with Crippen LogP contribution in [0, 0.1) is 5.41 Å². The van der Waals surface area contributed by atoms with Gasteiger partial charge >= 0.3 is 0 Å². The monoisotopic (exact) mass is 324 g/mol. The van der Waals surface area contributed by atoms with Crippen molar-refractivity contribution in [3.05, 3.63) is 60.4 Å². The number of aliphatic hydroxyl groups is 1. The van der Waals surface area contributed by atoms with E-state index >= 15 is 0 Å². The van der Waals surface area contributed by atoms with Crippen LogP contribution in [-0.2, 0) is 17.9 Å². The van der Waals surface area contributed by atoms with E-state index in [1.54, 1.807) is 0 Å². The highest BCUT2D eigenvalue weighted by molar-refractivity contribution is 5.75. The lowest BCUT2D eigenvalue weighted by atomic mass is 9.87. The zero-order valence-electron chi connectivity index (χ0n) is 13.4. The lowest BCUT2D eigenvalue weighted by molar-refractivity contribution is -0.144. The third-order valence-corrected chi connectivity index (χ3v) is 4.49. The molecule has 1 aromatic heterocycles. The Morgan fingerprint density at radius 1 is 1.08 bits per heavy atom. The van der Waals surface area contributed by atoms with Crippen molar-refractivity contribution in [3.8, 4) is 5.75 Å². The van der Waals surface area contributed by atoms with Crippen molar-refractivity contribution in [1.82, 2.24) is 9.55 Å². The Labute approximate surface area is 140 Å². The molecule has 3 aromatic rings. The molecule has 5 heteroatoms. The number of para-hydroxylation sites is 3. The molecule has 1 fully saturated rings. The topological polar surface area (TPSA) is 56.5 Å². The second kappa shape index (κ2) is 6.26. The van der Waals surface area contributed by atoms with Crippen molar-refractivity contribution in [3.63, 3.8) is 0 Å². The van der Waals surface area contributed by atoms with Crippen LogP contribution in [0.3, 0.4) is 0 Å². The number of hydrogen-bond acceptors (Lipinski definition) is 4. The van der Waals surface area contributed by atoms with Gasteiger partial charge in [-0.1, -0.05) is 30.3 Å². The van der Waals surface area contributed by atoms with E-state index in [1.165, 1.54) is 0 Å². The van der Waals surface area contributed by atoms with Gasteiger partial charge in [0.25, 0.3) is 0 Å². The molecule has 2 aromatic carbocycles. The molecule has 1 N–H and O–H groups in total. The van der Waals surface area contributed by atoms with Crippen molar-refractivity contribution in [1.29, 1.82) is 0 Å². The smallest absolute Gasteiger partial charge is 0.148 e. The van der Waals surface area contributed by atoms with E-state index in [0.717, 1.165) is 22.6 Å². The standard InChI is InChI=1S/C19H20N2O3/c22-12-19(13-23-14-19)11-21-17-9-5-4-8-16(17)20-18(21)10-24-15-6-2-1-3-7-15/h1-9,22H,10-14H2. The third kappa shape index (κ3) is 2.77. The van der Waals surface area contributed by atoms with Crippen LogP contribution in [0.4, 0.5) is 0 Å². The predicted octanol–water partition coefficient (Wildman–Crippen LogP) is 2.62. The summed E-state index contributed by atoms with van der Waals surface area (Å²) in [4.78, 5) is 4.72. The molecule has 1 aliphatic rings. The lowest BCUT2D eigenvalue weighted by Gasteiger charge is -2.40. The first kappa shape index (κ1) is 15.2. The molecular formula is C19H20N2O3. The van der Waals surface area contributed by atoms with Crippen LogP contribution in [0.1, 0.15) is 5.82 Å². The largest absolute Gasteiger partial charge is 0.486 e. The van der Waals surface area contributed by atoms with Crippen LogP contribution >= 0.6 is 0 Å². The fourth-order valence-electron chi connectivity index (χ4n) is 3.04. The maximum atomic E-state index is 9.76. The third-order valence-electron chi connectivity index (χ3n) is 4.49. The van der Waals surface area contributed by atoms with Crippen molar-refractivity contribution in [2.45, 2.75) is 13.2 Å². The second-order valence-electron chi connectivity index (χ2n) is 6.36. The maximum absolute atomic E-state index is 9.76. The Hall–Kier alpha value is -2.37. The molecule has 0 unspecified atom stereocenters. The highest BCUT2D eigenvalue weighted by Gasteiger charge is 2.39. The molecule has 1 saturated heterocycles. The van der Waals surface area contributed by atoms with Crippen molar-refractivity contribution in [2.75, 3.05) is 19.8 Å². The molecule has 24 heavy (non-hydrogen) atoms. The van der Waals surface area contributed by atoms with Gasteiger partial charge in [0.15, 0.2) is 0 Å². The number of aliphatic hydroxyl groups excluding tert-OH is 1. The fourth-order valence-corrected chi connectivity index (χ4v) is 3.04. The molecule has 2 heterocycles. The van der Waals surface area contributed by atoms with E-state index < -0.39 is 0 Å². The SMILES string of the molecule is OCC1(Cn2c(COc3ccccc3)nc3ccccc32)COC1. The highest BCUT2D eigenvalue weighted by atomic mass is 16.5. The molecule has 0 bridgehead atoms. The number of aromatic nitrogens is 2. The van der Waals surface area contributed by atoms with Crippen molar-refractivity contribution in [2.24, 2.45) is 5.41 Å². The van der Waals surface area contributed by atoms with Gasteiger partial charge in [-0.25, -0.2) is 4.98 Å². The predicted molar refractivity (Wildman–Crippen MR) is 90.8 cm³/mol. The fraction of sp³-hybridized carbons (Fsp3) is 0.316. The molecule has 0 amide bonds. The zero-order chi connectivity index (χ0) is 16.4. The summed E-state index contributed by atoms with van der Waals surface area (Å²) >= 11 is 0. The summed E-state index contributed by atoms with van der Waals surface area (Å²) in [7, 11) is 0. The first-order valence-corrected chi connectivity index (χ1v) is 8.10. The van der Waals surface area contributed by atoms with E-state index in [4.69, 9.17) is 14.5 Å². The average molecular weight is 324 g/mol. The Morgan fingerprint density at radius 3 is 2.54 bits per heavy atom. The zero-order valence-corrected chi connectivity index (χ0v) is 13.4. The molecule has 0 atom stereocenters. The van der Waals surface area contributed by atoms with Gasteiger partial charge < -0.3 is 19.1 Å². The Bertz CT molecular complexity index is 819. The van der Waals surface area contributed by atoms with Crippen LogP contribution in [-0.4, -0.2) is 34.5 Å². The van der Waals surface area contributed by atoms with E-state index in [1.807, 2.05) is 48.5 Å². The molecule has 124 valence electrons. The van der Waals surface area contributed by atoms with Crippen molar-refractivity contribution < 1.29 is 14.6 Å². The van der Waals surface area contributed by atoms with Gasteiger partial charge in [0, 0.05) is 6.54 Å². The van der Waals surface area contributed by atoms with Gasteiger partial charge in [-0.05, 0) is 24.3 Å². The normalized spacial score (nSPS) is 16.0. The molecule has 4 rings (SSSR count). The summed E-state index contributed by atoms with van der Waals surface area (Å²) in [5, 5.41) is 9.76. The minimum Gasteiger partial charge on any atom is -0.486 e. The van der Waals surface area contributed by atoms with Crippen LogP contribution in [0.15, 0.2) is 54.6 Å². The minimum absolute atomic E-state index is 0.110. The second-order valence-corrected chi connectivity index (χ2v) is 6.36. The first-order chi connectivity index (χ1) is 11.8. The summed E-state index contributed by atoms with van der Waals surface area (Å²) in [6.45, 7) is 2.33. The molecular weight excluding hydrogens is 304 g/mol. The summed E-state index contributed by atoms with van der Waals surface area (Å²) in [6.07, 6.45) is 0. The quantitative estimate of drug-likeness (QED) is 0.757. The van der Waals surface area contributed by atoms with Gasteiger partial charge in [-0.2, -0.15) is 0 Å². The van der Waals surface area contributed by atoms with Gasteiger partial charge in [0.2, 0.25) is 0 Å². The number of nitrogens with zero attached hydrogens (tertiary/aromatic N) is 2. The number of imidazole rings is 1. The van der Waals surface area contributed by atoms with Crippen molar-refractivity contribution >= 4 is 11.0 Å². The van der Waals surface area contributed by atoms with E-state index in [2.05, 4.69) is 10.6 Å². The Balaban J connectivity index is 1.65. The molecule has 0 spiro atoms. The van der Waals surface area contributed by atoms with Gasteiger partial charge in [-0.15, -0.1) is 0 Å². The molecule has 0 radical (unpaired) electrons. The van der Waals surface area contributed by atoms with Crippen LogP contribution < -0.4 is 4.74 Å². The highest BCUT2D eigenvalue weighted by Crippen LogP contribution is 2.31. The van der Waals surface area contributed by atoms with E-state index in [0.29, 0.717) is 26.4 Å². The summed E-state index contributed by atoms with van der Waals surface area (Å²) in [5.74, 6) is 1.68. The molecule has 0 aliphatic carbocycles. The first-order valence-electron chi connectivity index (χ1n) is 8.10.